The Balaban J connectivity index is 2.15. The molecule has 17 heavy (non-hydrogen) atoms. The molecule has 0 radical (unpaired) electrons. The minimum absolute atomic E-state index is 0.117. The van der Waals surface area contributed by atoms with Crippen molar-refractivity contribution in [3.8, 4) is 0 Å². The number of amides is 1. The third-order valence-corrected chi connectivity index (χ3v) is 3.94. The van der Waals surface area contributed by atoms with Crippen LogP contribution in [0.25, 0.3) is 0 Å². The predicted molar refractivity (Wildman–Crippen MR) is 72.5 cm³/mol. The van der Waals surface area contributed by atoms with Gasteiger partial charge in [-0.25, -0.2) is 4.39 Å². The maximum atomic E-state index is 13.4. The number of nitrogens with one attached hydrogen (secondary N) is 1. The standard InChI is InChI=1S/C12H14FIN2O/c1-16(9-4-5-15-7-9)12(17)8-2-3-11(14)10(13)6-8/h2-3,6,9,15H,4-5,7H2,1H3. The first-order chi connectivity index (χ1) is 8.09. The Morgan fingerprint density at radius 3 is 2.94 bits per heavy atom. The summed E-state index contributed by atoms with van der Waals surface area (Å²) in [6.07, 6.45) is 0.953. The van der Waals surface area contributed by atoms with Gasteiger partial charge in [0.25, 0.3) is 5.91 Å². The van der Waals surface area contributed by atoms with Crippen LogP contribution in [0.1, 0.15) is 16.8 Å². The summed E-state index contributed by atoms with van der Waals surface area (Å²) in [4.78, 5) is 13.8. The van der Waals surface area contributed by atoms with Gasteiger partial charge in [0.15, 0.2) is 0 Å². The zero-order valence-corrected chi connectivity index (χ0v) is 11.7. The van der Waals surface area contributed by atoms with E-state index in [-0.39, 0.29) is 17.8 Å². The minimum Gasteiger partial charge on any atom is -0.337 e. The van der Waals surface area contributed by atoms with E-state index in [1.807, 2.05) is 22.6 Å². The van der Waals surface area contributed by atoms with Crippen LogP contribution in [0.4, 0.5) is 4.39 Å². The zero-order valence-electron chi connectivity index (χ0n) is 9.54. The topological polar surface area (TPSA) is 32.3 Å². The molecule has 1 unspecified atom stereocenters. The third-order valence-electron chi connectivity index (χ3n) is 3.07. The smallest absolute Gasteiger partial charge is 0.253 e. The van der Waals surface area contributed by atoms with Gasteiger partial charge >= 0.3 is 0 Å². The summed E-state index contributed by atoms with van der Waals surface area (Å²) >= 11 is 1.91. The van der Waals surface area contributed by atoms with E-state index in [1.165, 1.54) is 6.07 Å². The lowest BCUT2D eigenvalue weighted by atomic mass is 10.1. The van der Waals surface area contributed by atoms with E-state index in [9.17, 15) is 9.18 Å². The summed E-state index contributed by atoms with van der Waals surface area (Å²) in [6.45, 7) is 1.75. The van der Waals surface area contributed by atoms with E-state index in [0.717, 1.165) is 19.5 Å². The highest BCUT2D eigenvalue weighted by atomic mass is 127. The van der Waals surface area contributed by atoms with Crippen molar-refractivity contribution in [2.75, 3.05) is 20.1 Å². The molecule has 0 aliphatic carbocycles. The summed E-state index contributed by atoms with van der Waals surface area (Å²) < 4.78 is 13.9. The minimum atomic E-state index is -0.339. The van der Waals surface area contributed by atoms with Gasteiger partial charge in [0.1, 0.15) is 5.82 Å². The number of carbonyl (C=O) groups is 1. The second-order valence-electron chi connectivity index (χ2n) is 4.19. The number of likely N-dealkylation sites (N-methyl/N-ethyl adjacent to an activating group) is 1. The highest BCUT2D eigenvalue weighted by molar-refractivity contribution is 14.1. The molecule has 0 bridgehead atoms. The van der Waals surface area contributed by atoms with Crippen molar-refractivity contribution < 1.29 is 9.18 Å². The van der Waals surface area contributed by atoms with Crippen LogP contribution < -0.4 is 5.32 Å². The molecule has 1 atom stereocenters. The van der Waals surface area contributed by atoms with Gasteiger partial charge in [0.05, 0.1) is 0 Å². The Hall–Kier alpha value is -0.690. The zero-order chi connectivity index (χ0) is 12.4. The fourth-order valence-corrected chi connectivity index (χ4v) is 2.30. The molecule has 0 aromatic heterocycles. The molecule has 0 saturated carbocycles. The summed E-state index contributed by atoms with van der Waals surface area (Å²) in [5.74, 6) is -0.455. The summed E-state index contributed by atoms with van der Waals surface area (Å²) in [5, 5.41) is 3.21. The molecule has 1 aromatic rings. The molecule has 1 N–H and O–H groups in total. The summed E-state index contributed by atoms with van der Waals surface area (Å²) in [6, 6.07) is 4.82. The number of hydrogen-bond acceptors (Lipinski definition) is 2. The molecular formula is C12H14FIN2O. The third kappa shape index (κ3) is 2.77. The van der Waals surface area contributed by atoms with E-state index in [1.54, 1.807) is 24.1 Å². The maximum absolute atomic E-state index is 13.4. The van der Waals surface area contributed by atoms with Gasteiger partial charge in [-0.1, -0.05) is 0 Å². The van der Waals surface area contributed by atoms with E-state index in [4.69, 9.17) is 0 Å². The number of halogens is 2. The largest absolute Gasteiger partial charge is 0.337 e. The monoisotopic (exact) mass is 348 g/mol. The Morgan fingerprint density at radius 2 is 2.35 bits per heavy atom. The molecule has 3 nitrogen and oxygen atoms in total. The molecule has 1 amide bonds. The van der Waals surface area contributed by atoms with Crippen LogP contribution in [0.5, 0.6) is 0 Å². The molecule has 1 aromatic carbocycles. The Labute approximate surface area is 114 Å². The van der Waals surface area contributed by atoms with Crippen molar-refractivity contribution in [1.29, 1.82) is 0 Å². The van der Waals surface area contributed by atoms with E-state index in [0.29, 0.717) is 9.13 Å². The highest BCUT2D eigenvalue weighted by Crippen LogP contribution is 2.16. The fraction of sp³-hybridized carbons (Fsp3) is 0.417. The number of nitrogens with zero attached hydrogens (tertiary/aromatic N) is 1. The van der Waals surface area contributed by atoms with Crippen molar-refractivity contribution in [1.82, 2.24) is 10.2 Å². The maximum Gasteiger partial charge on any atom is 0.253 e. The predicted octanol–water partition coefficient (Wildman–Crippen LogP) is 1.86. The van der Waals surface area contributed by atoms with Crippen molar-refractivity contribution in [3.63, 3.8) is 0 Å². The van der Waals surface area contributed by atoms with Crippen LogP contribution in [0.3, 0.4) is 0 Å². The van der Waals surface area contributed by atoms with Crippen molar-refractivity contribution in [2.24, 2.45) is 0 Å². The lowest BCUT2D eigenvalue weighted by Gasteiger charge is -2.23. The Bertz CT molecular complexity index is 433. The quantitative estimate of drug-likeness (QED) is 0.828. The molecular weight excluding hydrogens is 334 g/mol. The number of rotatable bonds is 2. The first-order valence-electron chi connectivity index (χ1n) is 5.52. The Morgan fingerprint density at radius 1 is 1.59 bits per heavy atom. The van der Waals surface area contributed by atoms with Gasteiger partial charge in [-0.15, -0.1) is 0 Å². The lowest BCUT2D eigenvalue weighted by Crippen LogP contribution is -2.38. The molecule has 1 saturated heterocycles. The van der Waals surface area contributed by atoms with Gasteiger partial charge in [0.2, 0.25) is 0 Å². The van der Waals surface area contributed by atoms with Crippen molar-refractivity contribution in [2.45, 2.75) is 12.5 Å². The molecule has 5 heteroatoms. The van der Waals surface area contributed by atoms with E-state index >= 15 is 0 Å². The van der Waals surface area contributed by atoms with Crippen LogP contribution in [-0.2, 0) is 0 Å². The normalized spacial score (nSPS) is 19.4. The van der Waals surface area contributed by atoms with Crippen molar-refractivity contribution in [3.05, 3.63) is 33.1 Å². The van der Waals surface area contributed by atoms with Gasteiger partial charge in [-0.3, -0.25) is 4.79 Å². The average molecular weight is 348 g/mol. The van der Waals surface area contributed by atoms with Crippen LogP contribution >= 0.6 is 22.6 Å². The molecule has 1 fully saturated rings. The van der Waals surface area contributed by atoms with Gasteiger partial charge in [-0.2, -0.15) is 0 Å². The van der Waals surface area contributed by atoms with Crippen LogP contribution in [0.15, 0.2) is 18.2 Å². The SMILES string of the molecule is CN(C(=O)c1ccc(I)c(F)c1)C1CCNC1. The number of benzene rings is 1. The second-order valence-corrected chi connectivity index (χ2v) is 5.35. The highest BCUT2D eigenvalue weighted by Gasteiger charge is 2.24. The molecule has 2 rings (SSSR count). The van der Waals surface area contributed by atoms with Gasteiger partial charge < -0.3 is 10.2 Å². The number of hydrogen-bond donors (Lipinski definition) is 1. The van der Waals surface area contributed by atoms with E-state index in [2.05, 4.69) is 5.32 Å². The van der Waals surface area contributed by atoms with Crippen LogP contribution in [0.2, 0.25) is 0 Å². The van der Waals surface area contributed by atoms with Gasteiger partial charge in [0, 0.05) is 28.8 Å². The Kier molecular flexibility index (Phi) is 3.98. The lowest BCUT2D eigenvalue weighted by molar-refractivity contribution is 0.0743. The molecule has 1 heterocycles. The van der Waals surface area contributed by atoms with Crippen molar-refractivity contribution >= 4 is 28.5 Å². The first kappa shape index (κ1) is 12.8. The molecule has 0 spiro atoms. The number of carbonyl (C=O) groups excluding carboxylic acids is 1. The second kappa shape index (κ2) is 5.30. The fourth-order valence-electron chi connectivity index (χ4n) is 1.97. The van der Waals surface area contributed by atoms with Crippen LogP contribution in [0, 0.1) is 9.39 Å². The van der Waals surface area contributed by atoms with Gasteiger partial charge in [-0.05, 0) is 53.8 Å². The average Bonchev–Trinajstić information content (AvgIpc) is 2.84. The summed E-state index contributed by atoms with van der Waals surface area (Å²) in [7, 11) is 1.77. The first-order valence-corrected chi connectivity index (χ1v) is 6.60. The molecule has 92 valence electrons. The summed E-state index contributed by atoms with van der Waals surface area (Å²) in [5.41, 5.74) is 0.414. The van der Waals surface area contributed by atoms with E-state index < -0.39 is 0 Å². The molecule has 1 aliphatic heterocycles. The van der Waals surface area contributed by atoms with Crippen LogP contribution in [-0.4, -0.2) is 37.0 Å². The molecule has 1 aliphatic rings.